The zero-order valence-electron chi connectivity index (χ0n) is 6.27. The molecule has 3 nitrogen and oxygen atoms in total. The fourth-order valence-corrected chi connectivity index (χ4v) is 0.796. The minimum absolute atomic E-state index is 0.127. The van der Waals surface area contributed by atoms with Crippen LogP contribution in [0.4, 0.5) is 0 Å². The van der Waals surface area contributed by atoms with Gasteiger partial charge in [0.2, 0.25) is 0 Å². The fourth-order valence-electron chi connectivity index (χ4n) is 0.796. The number of carboxylic acids is 1. The summed E-state index contributed by atoms with van der Waals surface area (Å²) in [4.78, 5) is 10.1. The van der Waals surface area contributed by atoms with Gasteiger partial charge in [-0.1, -0.05) is 12.1 Å². The Balaban J connectivity index is 2.83. The lowest BCUT2D eigenvalue weighted by molar-refractivity contribution is -0.131. The third-order valence-corrected chi connectivity index (χ3v) is 1.29. The van der Waals surface area contributed by atoms with Crippen molar-refractivity contribution < 1.29 is 15.0 Å². The van der Waals surface area contributed by atoms with Crippen molar-refractivity contribution in [1.82, 2.24) is 0 Å². The van der Waals surface area contributed by atoms with E-state index in [4.69, 9.17) is 10.2 Å². The molecule has 0 saturated heterocycles. The molecule has 0 aliphatic carbocycles. The van der Waals surface area contributed by atoms with E-state index >= 15 is 0 Å². The van der Waals surface area contributed by atoms with Crippen molar-refractivity contribution in [2.75, 3.05) is 0 Å². The molecule has 0 amide bonds. The van der Waals surface area contributed by atoms with Crippen molar-refractivity contribution in [3.63, 3.8) is 0 Å². The van der Waals surface area contributed by atoms with E-state index in [1.807, 2.05) is 0 Å². The van der Waals surface area contributed by atoms with Gasteiger partial charge in [0.05, 0.1) is 0 Å². The molecular formula is C9H8O3. The molecule has 0 radical (unpaired) electrons. The second-order valence-electron chi connectivity index (χ2n) is 2.27. The Morgan fingerprint density at radius 1 is 1.42 bits per heavy atom. The van der Waals surface area contributed by atoms with Gasteiger partial charge in [0.25, 0.3) is 0 Å². The summed E-state index contributed by atoms with van der Waals surface area (Å²) in [5.74, 6) is -0.874. The summed E-state index contributed by atoms with van der Waals surface area (Å²) < 4.78 is 0. The largest absolute Gasteiger partial charge is 0.508 e. The van der Waals surface area contributed by atoms with E-state index in [0.717, 1.165) is 6.08 Å². The molecule has 0 spiro atoms. The maximum Gasteiger partial charge on any atom is 0.328 e. The molecule has 0 atom stereocenters. The molecular weight excluding hydrogens is 159 g/mol. The van der Waals surface area contributed by atoms with E-state index in [-0.39, 0.29) is 5.75 Å². The van der Waals surface area contributed by atoms with Crippen LogP contribution in [0.15, 0.2) is 30.3 Å². The highest BCUT2D eigenvalue weighted by atomic mass is 16.4. The topological polar surface area (TPSA) is 57.5 Å². The maximum atomic E-state index is 10.1. The summed E-state index contributed by atoms with van der Waals surface area (Å²) in [5.41, 5.74) is 0.664. The third kappa shape index (κ3) is 2.46. The van der Waals surface area contributed by atoms with E-state index in [1.165, 1.54) is 18.2 Å². The van der Waals surface area contributed by atoms with E-state index in [2.05, 4.69) is 0 Å². The molecule has 0 aromatic heterocycles. The first-order chi connectivity index (χ1) is 5.68. The van der Waals surface area contributed by atoms with Crippen molar-refractivity contribution in [2.24, 2.45) is 0 Å². The Morgan fingerprint density at radius 3 is 2.75 bits per heavy atom. The monoisotopic (exact) mass is 167 g/mol. The summed E-state index contributed by atoms with van der Waals surface area (Å²) in [5, 5.41) is 17.3. The van der Waals surface area contributed by atoms with Crippen LogP contribution in [0.3, 0.4) is 0 Å². The molecule has 12 heavy (non-hydrogen) atoms. The number of hydrogen-bond donors (Lipinski definition) is 2. The Bertz CT molecular complexity index is 315. The Morgan fingerprint density at radius 2 is 2.17 bits per heavy atom. The fraction of sp³-hybridized carbons (Fsp3) is 0. The smallest absolute Gasteiger partial charge is 0.328 e. The molecule has 0 saturated carbocycles. The van der Waals surface area contributed by atoms with E-state index < -0.39 is 5.97 Å². The molecule has 0 fully saturated rings. The van der Waals surface area contributed by atoms with Gasteiger partial charge in [0, 0.05) is 6.08 Å². The SMILES string of the molecule is O=C(O)/C=C/[13c]1ccc[13c](O)[13cH]1. The number of carbonyl (C=O) groups is 1. The summed E-state index contributed by atoms with van der Waals surface area (Å²) in [6.07, 6.45) is 2.44. The quantitative estimate of drug-likeness (QED) is 0.656. The van der Waals surface area contributed by atoms with Gasteiger partial charge in [-0.15, -0.1) is 0 Å². The Kier molecular flexibility index (Phi) is 2.48. The molecule has 3 heteroatoms. The van der Waals surface area contributed by atoms with Gasteiger partial charge in [0.1, 0.15) is 5.75 Å². The van der Waals surface area contributed by atoms with Crippen LogP contribution in [0.25, 0.3) is 6.08 Å². The zero-order chi connectivity index (χ0) is 8.97. The molecule has 0 aliphatic rings. The van der Waals surface area contributed by atoms with Crippen LogP contribution in [0.5, 0.6) is 5.75 Å². The highest BCUT2D eigenvalue weighted by Gasteiger charge is 1.90. The number of aliphatic carboxylic acids is 1. The summed E-state index contributed by atoms with van der Waals surface area (Å²) in [6, 6.07) is 6.37. The average molecular weight is 167 g/mol. The number of hydrogen-bond acceptors (Lipinski definition) is 2. The molecule has 0 bridgehead atoms. The van der Waals surface area contributed by atoms with Crippen LogP contribution in [0.1, 0.15) is 5.56 Å². The standard InChI is InChI=1S/C9H8O3/c10-8-3-1-2-7(6-8)4-5-9(11)12/h1-6,10H,(H,11,12)/b5-4+/i6+1,7+1,8+1. The lowest BCUT2D eigenvalue weighted by atomic mass is 10.5. The van der Waals surface area contributed by atoms with E-state index in [1.54, 1.807) is 12.1 Å². The zero-order valence-corrected chi connectivity index (χ0v) is 6.27. The first-order valence-corrected chi connectivity index (χ1v) is 3.38. The molecule has 2 N–H and O–H groups in total. The molecule has 1 aromatic rings. The first kappa shape index (κ1) is 8.33. The van der Waals surface area contributed by atoms with E-state index in [9.17, 15) is 4.79 Å². The van der Waals surface area contributed by atoms with Crippen molar-refractivity contribution in [3.05, 3.63) is 35.9 Å². The Hall–Kier alpha value is -1.77. The van der Waals surface area contributed by atoms with E-state index in [0.29, 0.717) is 5.56 Å². The summed E-state index contributed by atoms with van der Waals surface area (Å²) >= 11 is 0. The van der Waals surface area contributed by atoms with Crippen LogP contribution >= 0.6 is 0 Å². The van der Waals surface area contributed by atoms with Crippen LogP contribution < -0.4 is 0 Å². The second-order valence-corrected chi connectivity index (χ2v) is 2.27. The van der Waals surface area contributed by atoms with Gasteiger partial charge < -0.3 is 10.2 Å². The predicted molar refractivity (Wildman–Crippen MR) is 44.8 cm³/mol. The minimum atomic E-state index is -1.00. The van der Waals surface area contributed by atoms with Gasteiger partial charge in [0.15, 0.2) is 0 Å². The maximum absolute atomic E-state index is 10.1. The number of rotatable bonds is 2. The van der Waals surface area contributed by atoms with Crippen molar-refractivity contribution in [2.45, 2.75) is 0 Å². The molecule has 1 aromatic carbocycles. The van der Waals surface area contributed by atoms with Gasteiger partial charge >= 0.3 is 5.97 Å². The Labute approximate surface area is 69.6 Å². The van der Waals surface area contributed by atoms with Gasteiger partial charge in [-0.05, 0) is 23.8 Å². The van der Waals surface area contributed by atoms with Crippen LogP contribution in [-0.2, 0) is 4.79 Å². The highest BCUT2D eigenvalue weighted by molar-refractivity contribution is 5.85. The van der Waals surface area contributed by atoms with Crippen molar-refractivity contribution in [1.29, 1.82) is 0 Å². The van der Waals surface area contributed by atoms with Crippen molar-refractivity contribution in [3.8, 4) is 5.75 Å². The van der Waals surface area contributed by atoms with Crippen LogP contribution in [-0.4, -0.2) is 16.2 Å². The van der Waals surface area contributed by atoms with Crippen LogP contribution in [0.2, 0.25) is 0 Å². The second kappa shape index (κ2) is 3.57. The normalized spacial score (nSPS) is 10.3. The molecule has 0 aliphatic heterocycles. The number of phenols is 1. The number of phenolic OH excluding ortho intramolecular Hbond substituents is 1. The van der Waals surface area contributed by atoms with Crippen molar-refractivity contribution >= 4 is 12.0 Å². The molecule has 0 unspecified atom stereocenters. The predicted octanol–water partition coefficient (Wildman–Crippen LogP) is 1.49. The number of aromatic hydroxyl groups is 1. The molecule has 1 rings (SSSR count). The van der Waals surface area contributed by atoms with Gasteiger partial charge in [-0.2, -0.15) is 0 Å². The number of carboxylic acid groups (broad SMARTS) is 1. The summed E-state index contributed by atoms with van der Waals surface area (Å²) in [6.45, 7) is 0. The minimum Gasteiger partial charge on any atom is -0.508 e. The molecule has 62 valence electrons. The first-order valence-electron chi connectivity index (χ1n) is 3.38. The van der Waals surface area contributed by atoms with Gasteiger partial charge in [-0.25, -0.2) is 4.79 Å². The lowest BCUT2D eigenvalue weighted by Gasteiger charge is -1.92. The highest BCUT2D eigenvalue weighted by Crippen LogP contribution is 2.11. The third-order valence-electron chi connectivity index (χ3n) is 1.29. The summed E-state index contributed by atoms with van der Waals surface area (Å²) in [7, 11) is 0. The lowest BCUT2D eigenvalue weighted by Crippen LogP contribution is -1.85. The van der Waals surface area contributed by atoms with Crippen LogP contribution in [0, 0.1) is 0 Å². The van der Waals surface area contributed by atoms with Gasteiger partial charge in [-0.3, -0.25) is 0 Å². The average Bonchev–Trinajstić information content (AvgIpc) is 2.01. The molecule has 0 heterocycles. The number of benzene rings is 1.